The van der Waals surface area contributed by atoms with Crippen LogP contribution in [0.5, 0.6) is 5.75 Å². The molecule has 1 heterocycles. The zero-order chi connectivity index (χ0) is 18.9. The van der Waals surface area contributed by atoms with E-state index in [-0.39, 0.29) is 24.3 Å². The van der Waals surface area contributed by atoms with Gasteiger partial charge < -0.3 is 15.0 Å². The van der Waals surface area contributed by atoms with Crippen LogP contribution in [0.3, 0.4) is 0 Å². The number of carbonyl (C=O) groups excluding carboxylic acids is 2. The molecule has 0 fully saturated rings. The van der Waals surface area contributed by atoms with Gasteiger partial charge in [-0.1, -0.05) is 25.1 Å². The van der Waals surface area contributed by atoms with Crippen molar-refractivity contribution in [1.82, 2.24) is 9.88 Å². The normalized spacial score (nSPS) is 11.5. The van der Waals surface area contributed by atoms with Gasteiger partial charge in [-0.05, 0) is 37.1 Å². The Balaban J connectivity index is 2.01. The van der Waals surface area contributed by atoms with Gasteiger partial charge >= 0.3 is 0 Å². The molecule has 0 saturated carbocycles. The highest BCUT2D eigenvalue weighted by molar-refractivity contribution is 6.04. The molecule has 0 bridgehead atoms. The molecule has 0 radical (unpaired) electrons. The molecule has 0 aliphatic heterocycles. The van der Waals surface area contributed by atoms with Crippen molar-refractivity contribution in [2.75, 3.05) is 19.0 Å². The summed E-state index contributed by atoms with van der Waals surface area (Å²) in [5.41, 5.74) is 1.52. The average molecular weight is 355 g/mol. The molecule has 2 aromatic rings. The number of pyridine rings is 1. The van der Waals surface area contributed by atoms with Crippen molar-refractivity contribution in [3.63, 3.8) is 0 Å². The van der Waals surface area contributed by atoms with Crippen LogP contribution in [-0.4, -0.2) is 35.4 Å². The Labute approximate surface area is 154 Å². The number of benzene rings is 1. The lowest BCUT2D eigenvalue weighted by molar-refractivity contribution is -0.135. The van der Waals surface area contributed by atoms with Crippen LogP contribution in [0.15, 0.2) is 48.8 Å². The summed E-state index contributed by atoms with van der Waals surface area (Å²) in [4.78, 5) is 30.6. The van der Waals surface area contributed by atoms with E-state index in [9.17, 15) is 9.59 Å². The first-order valence-corrected chi connectivity index (χ1v) is 8.74. The number of para-hydroxylation sites is 2. The Kier molecular flexibility index (Phi) is 7.14. The Hall–Kier alpha value is -2.89. The van der Waals surface area contributed by atoms with Gasteiger partial charge in [-0.15, -0.1) is 0 Å². The maximum atomic E-state index is 12.5. The summed E-state index contributed by atoms with van der Waals surface area (Å²) in [7, 11) is 1.71. The van der Waals surface area contributed by atoms with E-state index in [0.29, 0.717) is 18.0 Å². The molecule has 0 saturated heterocycles. The molecule has 1 unspecified atom stereocenters. The second kappa shape index (κ2) is 9.56. The highest BCUT2D eigenvalue weighted by Crippen LogP contribution is 2.25. The maximum Gasteiger partial charge on any atom is 0.233 e. The number of nitrogens with one attached hydrogen (secondary N) is 1. The third-order valence-electron chi connectivity index (χ3n) is 4.09. The zero-order valence-electron chi connectivity index (χ0n) is 15.4. The number of rotatable bonds is 8. The highest BCUT2D eigenvalue weighted by Gasteiger charge is 2.22. The fourth-order valence-electron chi connectivity index (χ4n) is 2.79. The minimum absolute atomic E-state index is 0.111. The summed E-state index contributed by atoms with van der Waals surface area (Å²) in [6.07, 6.45) is 3.95. The SMILES string of the molecule is CCOc1ccccc1NC(=O)CC(=O)N(C)C(CC)c1cccnc1. The molecule has 1 atom stereocenters. The van der Waals surface area contributed by atoms with E-state index < -0.39 is 0 Å². The number of hydrogen-bond donors (Lipinski definition) is 1. The topological polar surface area (TPSA) is 71.5 Å². The summed E-state index contributed by atoms with van der Waals surface area (Å²) >= 11 is 0. The smallest absolute Gasteiger partial charge is 0.233 e. The number of carbonyl (C=O) groups is 2. The molecule has 6 nitrogen and oxygen atoms in total. The Bertz CT molecular complexity index is 734. The van der Waals surface area contributed by atoms with Gasteiger partial charge in [0.05, 0.1) is 18.3 Å². The fraction of sp³-hybridized carbons (Fsp3) is 0.350. The van der Waals surface area contributed by atoms with E-state index in [2.05, 4.69) is 10.3 Å². The van der Waals surface area contributed by atoms with Crippen molar-refractivity contribution in [3.05, 3.63) is 54.4 Å². The highest BCUT2D eigenvalue weighted by atomic mass is 16.5. The molecular weight excluding hydrogens is 330 g/mol. The third kappa shape index (κ3) is 5.05. The van der Waals surface area contributed by atoms with E-state index >= 15 is 0 Å². The molecule has 2 rings (SSSR count). The first kappa shape index (κ1) is 19.4. The van der Waals surface area contributed by atoms with Gasteiger partial charge in [0, 0.05) is 19.4 Å². The van der Waals surface area contributed by atoms with Crippen molar-refractivity contribution >= 4 is 17.5 Å². The van der Waals surface area contributed by atoms with Crippen LogP contribution in [0.1, 0.15) is 38.3 Å². The molecule has 0 aliphatic carbocycles. The van der Waals surface area contributed by atoms with E-state index in [4.69, 9.17) is 4.74 Å². The lowest BCUT2D eigenvalue weighted by atomic mass is 10.1. The average Bonchev–Trinajstić information content (AvgIpc) is 2.65. The van der Waals surface area contributed by atoms with Crippen molar-refractivity contribution in [1.29, 1.82) is 0 Å². The Morgan fingerprint density at radius 2 is 1.96 bits per heavy atom. The maximum absolute atomic E-state index is 12.5. The van der Waals surface area contributed by atoms with E-state index in [1.165, 1.54) is 0 Å². The van der Waals surface area contributed by atoms with Crippen LogP contribution in [0, 0.1) is 0 Å². The van der Waals surface area contributed by atoms with Crippen molar-refractivity contribution < 1.29 is 14.3 Å². The molecule has 1 aromatic carbocycles. The van der Waals surface area contributed by atoms with Gasteiger partial charge in [0.2, 0.25) is 11.8 Å². The number of hydrogen-bond acceptors (Lipinski definition) is 4. The number of aromatic nitrogens is 1. The molecule has 26 heavy (non-hydrogen) atoms. The minimum Gasteiger partial charge on any atom is -0.492 e. The van der Waals surface area contributed by atoms with Gasteiger partial charge in [-0.25, -0.2) is 0 Å². The second-order valence-corrected chi connectivity index (χ2v) is 5.87. The lowest BCUT2D eigenvalue weighted by Crippen LogP contribution is -2.33. The molecule has 0 aliphatic rings. The van der Waals surface area contributed by atoms with Crippen LogP contribution in [0.25, 0.3) is 0 Å². The third-order valence-corrected chi connectivity index (χ3v) is 4.09. The van der Waals surface area contributed by atoms with Gasteiger partial charge in [-0.2, -0.15) is 0 Å². The van der Waals surface area contributed by atoms with Gasteiger partial charge in [0.15, 0.2) is 0 Å². The largest absolute Gasteiger partial charge is 0.492 e. The molecule has 138 valence electrons. The number of anilines is 1. The van der Waals surface area contributed by atoms with Crippen molar-refractivity contribution in [2.45, 2.75) is 32.7 Å². The van der Waals surface area contributed by atoms with Crippen molar-refractivity contribution in [2.24, 2.45) is 0 Å². The molecule has 6 heteroatoms. The van der Waals surface area contributed by atoms with E-state index in [1.54, 1.807) is 36.5 Å². The first-order chi connectivity index (χ1) is 12.6. The molecule has 2 amide bonds. The molecule has 1 N–H and O–H groups in total. The number of ether oxygens (including phenoxy) is 1. The predicted octanol–water partition coefficient (Wildman–Crippen LogP) is 3.42. The Morgan fingerprint density at radius 1 is 1.19 bits per heavy atom. The molecule has 0 spiro atoms. The van der Waals surface area contributed by atoms with Crippen LogP contribution >= 0.6 is 0 Å². The van der Waals surface area contributed by atoms with Crippen LogP contribution in [0.2, 0.25) is 0 Å². The fourth-order valence-corrected chi connectivity index (χ4v) is 2.79. The summed E-state index contributed by atoms with van der Waals surface area (Å²) in [5.74, 6) is -0.0203. The molecule has 1 aromatic heterocycles. The van der Waals surface area contributed by atoms with Gasteiger partial charge in [-0.3, -0.25) is 14.6 Å². The summed E-state index contributed by atoms with van der Waals surface area (Å²) < 4.78 is 5.49. The first-order valence-electron chi connectivity index (χ1n) is 8.74. The van der Waals surface area contributed by atoms with Gasteiger partial charge in [0.1, 0.15) is 12.2 Å². The summed E-state index contributed by atoms with van der Waals surface area (Å²) in [6, 6.07) is 10.8. The standard InChI is InChI=1S/C20H25N3O3/c1-4-17(15-9-8-12-21-14-15)23(3)20(25)13-19(24)22-16-10-6-7-11-18(16)26-5-2/h6-12,14,17H,4-5,13H2,1-3H3,(H,22,24). The zero-order valence-corrected chi connectivity index (χ0v) is 15.4. The monoisotopic (exact) mass is 355 g/mol. The number of amides is 2. The quantitative estimate of drug-likeness (QED) is 0.737. The summed E-state index contributed by atoms with van der Waals surface area (Å²) in [5, 5.41) is 2.75. The predicted molar refractivity (Wildman–Crippen MR) is 101 cm³/mol. The van der Waals surface area contributed by atoms with E-state index in [1.807, 2.05) is 38.1 Å². The van der Waals surface area contributed by atoms with E-state index in [0.717, 1.165) is 12.0 Å². The lowest BCUT2D eigenvalue weighted by Gasteiger charge is -2.27. The van der Waals surface area contributed by atoms with Crippen LogP contribution in [0.4, 0.5) is 5.69 Å². The Morgan fingerprint density at radius 3 is 2.62 bits per heavy atom. The van der Waals surface area contributed by atoms with Crippen molar-refractivity contribution in [3.8, 4) is 5.75 Å². The van der Waals surface area contributed by atoms with Crippen LogP contribution < -0.4 is 10.1 Å². The molecular formula is C20H25N3O3. The van der Waals surface area contributed by atoms with Crippen LogP contribution in [-0.2, 0) is 9.59 Å². The number of nitrogens with zero attached hydrogens (tertiary/aromatic N) is 2. The summed E-state index contributed by atoms with van der Waals surface area (Å²) in [6.45, 7) is 4.37. The van der Waals surface area contributed by atoms with Gasteiger partial charge in [0.25, 0.3) is 0 Å². The minimum atomic E-state index is -0.366. The second-order valence-electron chi connectivity index (χ2n) is 5.87.